The zero-order valence-corrected chi connectivity index (χ0v) is 11.7. The van der Waals surface area contributed by atoms with Crippen LogP contribution in [0.3, 0.4) is 0 Å². The number of halogens is 1. The van der Waals surface area contributed by atoms with Gasteiger partial charge in [-0.1, -0.05) is 23.8 Å². The summed E-state index contributed by atoms with van der Waals surface area (Å²) in [4.78, 5) is 0.315. The molecule has 2 aromatic heterocycles. The molecule has 0 fully saturated rings. The number of thiocarbonyl (C=S) groups is 1. The van der Waals surface area contributed by atoms with E-state index in [1.165, 1.54) is 0 Å². The van der Waals surface area contributed by atoms with E-state index in [0.717, 1.165) is 23.7 Å². The van der Waals surface area contributed by atoms with Crippen LogP contribution in [-0.2, 0) is 6.54 Å². The summed E-state index contributed by atoms with van der Waals surface area (Å²) in [5.74, 6) is 1.70. The van der Waals surface area contributed by atoms with Crippen LogP contribution in [0, 0.1) is 0 Å². The third-order valence-electron chi connectivity index (χ3n) is 2.67. The van der Waals surface area contributed by atoms with Gasteiger partial charge >= 0.3 is 0 Å². The van der Waals surface area contributed by atoms with Gasteiger partial charge in [-0.2, -0.15) is 10.2 Å². The summed E-state index contributed by atoms with van der Waals surface area (Å²) in [7, 11) is 0. The molecule has 8 heteroatoms. The molecule has 0 radical (unpaired) electrons. The summed E-state index contributed by atoms with van der Waals surface area (Å²) < 4.78 is 3.54. The Hall–Kier alpha value is -1.05. The van der Waals surface area contributed by atoms with Gasteiger partial charge in [0.1, 0.15) is 15.0 Å². The molecule has 0 saturated heterocycles. The van der Waals surface area contributed by atoms with E-state index in [-0.39, 0.29) is 0 Å². The Morgan fingerprint density at radius 2 is 2.39 bits per heavy atom. The van der Waals surface area contributed by atoms with Gasteiger partial charge in [0.2, 0.25) is 0 Å². The zero-order valence-electron chi connectivity index (χ0n) is 9.34. The molecule has 94 valence electrons. The van der Waals surface area contributed by atoms with Crippen molar-refractivity contribution in [2.75, 3.05) is 5.75 Å². The van der Waals surface area contributed by atoms with E-state index in [2.05, 4.69) is 10.2 Å². The lowest BCUT2D eigenvalue weighted by Gasteiger charge is -2.11. The largest absolute Gasteiger partial charge is 0.389 e. The SMILES string of the molecule is NC(=S)c1cnn(-c2nn3c(c2Cl)SCCC3)c1. The molecule has 0 aromatic carbocycles. The average Bonchev–Trinajstić information content (AvgIpc) is 2.95. The van der Waals surface area contributed by atoms with Gasteiger partial charge in [-0.25, -0.2) is 4.68 Å². The standard InChI is InChI=1S/C10H10ClN5S2/c11-7-9(14-15-2-1-3-18-10(7)15)16-5-6(4-13-16)8(12)17/h4-5H,1-3H2,(H2,12,17). The molecule has 0 aliphatic carbocycles. The van der Waals surface area contributed by atoms with Crippen molar-refractivity contribution in [3.8, 4) is 5.82 Å². The van der Waals surface area contributed by atoms with Crippen LogP contribution >= 0.6 is 35.6 Å². The quantitative estimate of drug-likeness (QED) is 0.858. The van der Waals surface area contributed by atoms with Crippen molar-refractivity contribution in [3.05, 3.63) is 23.0 Å². The maximum atomic E-state index is 6.34. The van der Waals surface area contributed by atoms with Gasteiger partial charge in [-0.15, -0.1) is 11.8 Å². The summed E-state index contributed by atoms with van der Waals surface area (Å²) in [6.07, 6.45) is 4.46. The minimum Gasteiger partial charge on any atom is -0.389 e. The molecule has 3 rings (SSSR count). The Morgan fingerprint density at radius 1 is 1.56 bits per heavy atom. The maximum absolute atomic E-state index is 6.34. The van der Waals surface area contributed by atoms with Crippen LogP contribution in [0.2, 0.25) is 5.02 Å². The molecule has 2 aromatic rings. The first kappa shape index (κ1) is 12.0. The molecule has 0 unspecified atom stereocenters. The molecule has 1 aliphatic rings. The molecule has 2 N–H and O–H groups in total. The van der Waals surface area contributed by atoms with E-state index >= 15 is 0 Å². The normalized spacial score (nSPS) is 14.5. The van der Waals surface area contributed by atoms with E-state index in [9.17, 15) is 0 Å². The third kappa shape index (κ3) is 1.92. The predicted molar refractivity (Wildman–Crippen MR) is 75.6 cm³/mol. The van der Waals surface area contributed by atoms with Crippen molar-refractivity contribution in [1.82, 2.24) is 19.6 Å². The first-order chi connectivity index (χ1) is 8.66. The highest BCUT2D eigenvalue weighted by Crippen LogP contribution is 2.35. The molecular weight excluding hydrogens is 290 g/mol. The molecule has 0 saturated carbocycles. The number of aryl methyl sites for hydroxylation is 1. The van der Waals surface area contributed by atoms with Gasteiger partial charge in [0.05, 0.1) is 6.20 Å². The van der Waals surface area contributed by atoms with Crippen molar-refractivity contribution >= 4 is 40.6 Å². The molecule has 3 heterocycles. The fraction of sp³-hybridized carbons (Fsp3) is 0.300. The summed E-state index contributed by atoms with van der Waals surface area (Å²) in [5.41, 5.74) is 6.26. The number of rotatable bonds is 2. The first-order valence-electron chi connectivity index (χ1n) is 5.41. The minimum absolute atomic E-state index is 0.315. The number of hydrogen-bond acceptors (Lipinski definition) is 4. The van der Waals surface area contributed by atoms with Crippen LogP contribution in [0.1, 0.15) is 12.0 Å². The van der Waals surface area contributed by atoms with Crippen molar-refractivity contribution in [1.29, 1.82) is 0 Å². The molecule has 1 aliphatic heterocycles. The van der Waals surface area contributed by atoms with Gasteiger partial charge in [-0.05, 0) is 6.42 Å². The van der Waals surface area contributed by atoms with Crippen molar-refractivity contribution < 1.29 is 0 Å². The van der Waals surface area contributed by atoms with Crippen molar-refractivity contribution in [3.63, 3.8) is 0 Å². The molecule has 0 bridgehead atoms. The summed E-state index contributed by atoms with van der Waals surface area (Å²) in [5, 5.41) is 10.3. The second-order valence-electron chi connectivity index (χ2n) is 3.91. The minimum atomic E-state index is 0.315. The predicted octanol–water partition coefficient (Wildman–Crippen LogP) is 1.85. The molecule has 0 spiro atoms. The fourth-order valence-electron chi connectivity index (χ4n) is 1.80. The van der Waals surface area contributed by atoms with Gasteiger partial charge in [-0.3, -0.25) is 4.68 Å². The highest BCUT2D eigenvalue weighted by atomic mass is 35.5. The molecule has 18 heavy (non-hydrogen) atoms. The lowest BCUT2D eigenvalue weighted by Crippen LogP contribution is -2.08. The Kier molecular flexibility index (Phi) is 3.04. The Labute approximate surface area is 118 Å². The molecular formula is C10H10ClN5S2. The van der Waals surface area contributed by atoms with E-state index in [1.54, 1.807) is 28.8 Å². The molecule has 0 amide bonds. The van der Waals surface area contributed by atoms with E-state index < -0.39 is 0 Å². The molecule has 0 atom stereocenters. The zero-order chi connectivity index (χ0) is 12.7. The fourth-order valence-corrected chi connectivity index (χ4v) is 3.25. The molecule has 5 nitrogen and oxygen atoms in total. The number of fused-ring (bicyclic) bond motifs is 1. The highest BCUT2D eigenvalue weighted by molar-refractivity contribution is 7.99. The lowest BCUT2D eigenvalue weighted by molar-refractivity contribution is 0.544. The number of thioether (sulfide) groups is 1. The Morgan fingerprint density at radius 3 is 3.06 bits per heavy atom. The van der Waals surface area contributed by atoms with Crippen LogP contribution in [0.15, 0.2) is 17.4 Å². The van der Waals surface area contributed by atoms with E-state index in [4.69, 9.17) is 29.6 Å². The van der Waals surface area contributed by atoms with Crippen LogP contribution in [0.25, 0.3) is 5.82 Å². The van der Waals surface area contributed by atoms with Crippen molar-refractivity contribution in [2.24, 2.45) is 5.73 Å². The second kappa shape index (κ2) is 4.56. The smallest absolute Gasteiger partial charge is 0.195 e. The van der Waals surface area contributed by atoms with Crippen LogP contribution in [0.5, 0.6) is 0 Å². The van der Waals surface area contributed by atoms with Gasteiger partial charge in [0.15, 0.2) is 5.82 Å². The van der Waals surface area contributed by atoms with Gasteiger partial charge < -0.3 is 5.73 Å². The summed E-state index contributed by atoms with van der Waals surface area (Å²) >= 11 is 13.0. The van der Waals surface area contributed by atoms with Crippen molar-refractivity contribution in [2.45, 2.75) is 18.0 Å². The van der Waals surface area contributed by atoms with Gasteiger partial charge in [0, 0.05) is 24.1 Å². The van der Waals surface area contributed by atoms with Crippen LogP contribution < -0.4 is 5.73 Å². The van der Waals surface area contributed by atoms with Gasteiger partial charge in [0.25, 0.3) is 0 Å². The third-order valence-corrected chi connectivity index (χ3v) is 4.55. The summed E-state index contributed by atoms with van der Waals surface area (Å²) in [6, 6.07) is 0. The number of nitrogens with two attached hydrogens (primary N) is 1. The number of nitrogens with zero attached hydrogens (tertiary/aromatic N) is 4. The number of aromatic nitrogens is 4. The maximum Gasteiger partial charge on any atom is 0.195 e. The topological polar surface area (TPSA) is 61.7 Å². The first-order valence-corrected chi connectivity index (χ1v) is 7.18. The van der Waals surface area contributed by atoms with E-state index in [0.29, 0.717) is 21.4 Å². The second-order valence-corrected chi connectivity index (χ2v) is 5.81. The lowest BCUT2D eigenvalue weighted by atomic mass is 10.4. The highest BCUT2D eigenvalue weighted by Gasteiger charge is 2.21. The summed E-state index contributed by atoms with van der Waals surface area (Å²) in [6.45, 7) is 0.894. The van der Waals surface area contributed by atoms with Crippen LogP contribution in [0.4, 0.5) is 0 Å². The average molecular weight is 300 g/mol. The number of hydrogen-bond donors (Lipinski definition) is 1. The monoisotopic (exact) mass is 299 g/mol. The Balaban J connectivity index is 2.05. The Bertz CT molecular complexity index is 618. The van der Waals surface area contributed by atoms with E-state index in [1.807, 2.05) is 4.68 Å². The van der Waals surface area contributed by atoms with Crippen LogP contribution in [-0.4, -0.2) is 30.3 Å².